The SMILES string of the molecule is COc1ccnc2cc(Nc3cc(C)ccn3)ccc12. The Morgan fingerprint density at radius 3 is 2.65 bits per heavy atom. The average Bonchev–Trinajstić information content (AvgIpc) is 2.46. The van der Waals surface area contributed by atoms with Crippen LogP contribution in [0.1, 0.15) is 5.56 Å². The molecule has 1 aromatic carbocycles. The highest BCUT2D eigenvalue weighted by molar-refractivity contribution is 5.88. The Morgan fingerprint density at radius 2 is 1.85 bits per heavy atom. The first kappa shape index (κ1) is 12.4. The maximum atomic E-state index is 5.33. The summed E-state index contributed by atoms with van der Waals surface area (Å²) in [5.74, 6) is 1.66. The summed E-state index contributed by atoms with van der Waals surface area (Å²) in [5.41, 5.74) is 3.02. The number of aromatic nitrogens is 2. The third-order valence-electron chi connectivity index (χ3n) is 3.11. The molecular weight excluding hydrogens is 250 g/mol. The quantitative estimate of drug-likeness (QED) is 0.784. The molecule has 100 valence electrons. The van der Waals surface area contributed by atoms with E-state index in [1.54, 1.807) is 19.5 Å². The topological polar surface area (TPSA) is 47.0 Å². The molecule has 2 aromatic heterocycles. The van der Waals surface area contributed by atoms with E-state index in [0.717, 1.165) is 28.2 Å². The highest BCUT2D eigenvalue weighted by atomic mass is 16.5. The van der Waals surface area contributed by atoms with Crippen LogP contribution in [0, 0.1) is 6.92 Å². The van der Waals surface area contributed by atoms with Crippen molar-refractivity contribution in [2.45, 2.75) is 6.92 Å². The van der Waals surface area contributed by atoms with E-state index in [0.29, 0.717) is 0 Å². The molecule has 3 aromatic rings. The van der Waals surface area contributed by atoms with Crippen molar-refractivity contribution in [1.29, 1.82) is 0 Å². The Morgan fingerprint density at radius 1 is 1.00 bits per heavy atom. The van der Waals surface area contributed by atoms with Gasteiger partial charge in [0.05, 0.1) is 12.6 Å². The van der Waals surface area contributed by atoms with Gasteiger partial charge in [0, 0.05) is 23.5 Å². The van der Waals surface area contributed by atoms with E-state index in [9.17, 15) is 0 Å². The molecule has 0 aliphatic carbocycles. The van der Waals surface area contributed by atoms with E-state index in [2.05, 4.69) is 15.3 Å². The molecule has 0 saturated carbocycles. The lowest BCUT2D eigenvalue weighted by atomic mass is 10.2. The van der Waals surface area contributed by atoms with Crippen molar-refractivity contribution in [3.05, 3.63) is 54.4 Å². The van der Waals surface area contributed by atoms with Gasteiger partial charge in [-0.15, -0.1) is 0 Å². The third kappa shape index (κ3) is 2.40. The average molecular weight is 265 g/mol. The van der Waals surface area contributed by atoms with Gasteiger partial charge in [-0.3, -0.25) is 4.98 Å². The minimum Gasteiger partial charge on any atom is -0.496 e. The molecule has 0 radical (unpaired) electrons. The Bertz CT molecular complexity index is 756. The number of methoxy groups -OCH3 is 1. The van der Waals surface area contributed by atoms with Gasteiger partial charge in [-0.25, -0.2) is 4.98 Å². The summed E-state index contributed by atoms with van der Waals surface area (Å²) >= 11 is 0. The minimum atomic E-state index is 0.826. The van der Waals surface area contributed by atoms with Crippen LogP contribution in [0.25, 0.3) is 10.9 Å². The number of ether oxygens (including phenoxy) is 1. The van der Waals surface area contributed by atoms with Gasteiger partial charge in [-0.1, -0.05) is 0 Å². The van der Waals surface area contributed by atoms with Crippen LogP contribution in [0.15, 0.2) is 48.8 Å². The van der Waals surface area contributed by atoms with Crippen LogP contribution in [-0.4, -0.2) is 17.1 Å². The third-order valence-corrected chi connectivity index (χ3v) is 3.11. The summed E-state index contributed by atoms with van der Waals surface area (Å²) in [6.45, 7) is 2.04. The fraction of sp³-hybridized carbons (Fsp3) is 0.125. The second kappa shape index (κ2) is 5.17. The first-order chi connectivity index (χ1) is 9.76. The molecule has 4 nitrogen and oxygen atoms in total. The molecule has 0 aliphatic heterocycles. The standard InChI is InChI=1S/C16H15N3O/c1-11-5-7-18-16(9-11)19-12-3-4-13-14(10-12)17-8-6-15(13)20-2/h3-10H,1-2H3,(H,18,19). The van der Waals surface area contributed by atoms with Gasteiger partial charge in [0.1, 0.15) is 11.6 Å². The van der Waals surface area contributed by atoms with E-state index in [1.807, 2.05) is 43.3 Å². The van der Waals surface area contributed by atoms with Crippen molar-refractivity contribution < 1.29 is 4.74 Å². The van der Waals surface area contributed by atoms with Gasteiger partial charge >= 0.3 is 0 Å². The van der Waals surface area contributed by atoms with Crippen molar-refractivity contribution in [3.63, 3.8) is 0 Å². The minimum absolute atomic E-state index is 0.826. The Balaban J connectivity index is 1.97. The zero-order chi connectivity index (χ0) is 13.9. The number of nitrogens with one attached hydrogen (secondary N) is 1. The van der Waals surface area contributed by atoms with Crippen molar-refractivity contribution in [1.82, 2.24) is 9.97 Å². The van der Waals surface area contributed by atoms with E-state index in [4.69, 9.17) is 4.74 Å². The van der Waals surface area contributed by atoms with Gasteiger partial charge < -0.3 is 10.1 Å². The first-order valence-corrected chi connectivity index (χ1v) is 6.39. The van der Waals surface area contributed by atoms with E-state index >= 15 is 0 Å². The van der Waals surface area contributed by atoms with Crippen molar-refractivity contribution >= 4 is 22.4 Å². The van der Waals surface area contributed by atoms with Crippen LogP contribution < -0.4 is 10.1 Å². The van der Waals surface area contributed by atoms with Crippen LogP contribution >= 0.6 is 0 Å². The van der Waals surface area contributed by atoms with Crippen LogP contribution in [-0.2, 0) is 0 Å². The molecule has 0 spiro atoms. The smallest absolute Gasteiger partial charge is 0.130 e. The molecule has 0 aliphatic rings. The monoisotopic (exact) mass is 265 g/mol. The maximum Gasteiger partial charge on any atom is 0.130 e. The lowest BCUT2D eigenvalue weighted by Crippen LogP contribution is -1.94. The van der Waals surface area contributed by atoms with Crippen LogP contribution in [0.3, 0.4) is 0 Å². The normalized spacial score (nSPS) is 10.5. The molecule has 0 amide bonds. The summed E-state index contributed by atoms with van der Waals surface area (Å²) in [6.07, 6.45) is 3.54. The predicted molar refractivity (Wildman–Crippen MR) is 80.6 cm³/mol. The molecule has 3 rings (SSSR count). The number of benzene rings is 1. The van der Waals surface area contributed by atoms with E-state index < -0.39 is 0 Å². The molecule has 0 unspecified atom stereocenters. The molecule has 0 atom stereocenters. The van der Waals surface area contributed by atoms with Crippen LogP contribution in [0.4, 0.5) is 11.5 Å². The Hall–Kier alpha value is -2.62. The maximum absolute atomic E-state index is 5.33. The number of nitrogens with zero attached hydrogens (tertiary/aromatic N) is 2. The molecule has 1 N–H and O–H groups in total. The number of hydrogen-bond donors (Lipinski definition) is 1. The Kier molecular flexibility index (Phi) is 3.21. The van der Waals surface area contributed by atoms with E-state index in [1.165, 1.54) is 5.56 Å². The van der Waals surface area contributed by atoms with E-state index in [-0.39, 0.29) is 0 Å². The van der Waals surface area contributed by atoms with Crippen molar-refractivity contribution in [2.24, 2.45) is 0 Å². The lowest BCUT2D eigenvalue weighted by Gasteiger charge is -2.09. The summed E-state index contributed by atoms with van der Waals surface area (Å²) in [4.78, 5) is 8.66. The van der Waals surface area contributed by atoms with Gasteiger partial charge in [-0.2, -0.15) is 0 Å². The molecule has 20 heavy (non-hydrogen) atoms. The second-order valence-electron chi connectivity index (χ2n) is 4.59. The number of fused-ring (bicyclic) bond motifs is 1. The zero-order valence-electron chi connectivity index (χ0n) is 11.4. The summed E-state index contributed by atoms with van der Waals surface area (Å²) in [6, 6.07) is 11.8. The zero-order valence-corrected chi connectivity index (χ0v) is 11.4. The molecule has 4 heteroatoms. The van der Waals surface area contributed by atoms with Gasteiger partial charge in [0.15, 0.2) is 0 Å². The molecule has 0 bridgehead atoms. The van der Waals surface area contributed by atoms with Gasteiger partial charge in [0.2, 0.25) is 0 Å². The van der Waals surface area contributed by atoms with Gasteiger partial charge in [-0.05, 0) is 48.9 Å². The molecule has 2 heterocycles. The largest absolute Gasteiger partial charge is 0.496 e. The highest BCUT2D eigenvalue weighted by Crippen LogP contribution is 2.26. The summed E-state index contributed by atoms with van der Waals surface area (Å²) < 4.78 is 5.33. The fourth-order valence-electron chi connectivity index (χ4n) is 2.13. The Labute approximate surface area is 117 Å². The number of pyridine rings is 2. The number of rotatable bonds is 3. The lowest BCUT2D eigenvalue weighted by molar-refractivity contribution is 0.419. The van der Waals surface area contributed by atoms with Crippen molar-refractivity contribution in [3.8, 4) is 5.75 Å². The number of anilines is 2. The molecular formula is C16H15N3O. The number of hydrogen-bond acceptors (Lipinski definition) is 4. The molecule has 0 fully saturated rings. The molecule has 0 saturated heterocycles. The highest BCUT2D eigenvalue weighted by Gasteiger charge is 2.03. The number of aryl methyl sites for hydroxylation is 1. The van der Waals surface area contributed by atoms with Crippen molar-refractivity contribution in [2.75, 3.05) is 12.4 Å². The van der Waals surface area contributed by atoms with Gasteiger partial charge in [0.25, 0.3) is 0 Å². The summed E-state index contributed by atoms with van der Waals surface area (Å²) in [5, 5.41) is 4.28. The predicted octanol–water partition coefficient (Wildman–Crippen LogP) is 3.69. The van der Waals surface area contributed by atoms with Crippen LogP contribution in [0.2, 0.25) is 0 Å². The summed E-state index contributed by atoms with van der Waals surface area (Å²) in [7, 11) is 1.66. The first-order valence-electron chi connectivity index (χ1n) is 6.39. The fourth-order valence-corrected chi connectivity index (χ4v) is 2.13. The van der Waals surface area contributed by atoms with Crippen LogP contribution in [0.5, 0.6) is 5.75 Å². The second-order valence-corrected chi connectivity index (χ2v) is 4.59.